The van der Waals surface area contributed by atoms with Gasteiger partial charge in [-0.3, -0.25) is 17.6 Å². The van der Waals surface area contributed by atoms with E-state index in [1.165, 1.54) is 9.13 Å². The van der Waals surface area contributed by atoms with Crippen LogP contribution in [0.1, 0.15) is 142 Å². The van der Waals surface area contributed by atoms with Gasteiger partial charge in [0.1, 0.15) is 47.8 Å². The summed E-state index contributed by atoms with van der Waals surface area (Å²) in [4.78, 5) is 37.2. The SMILES string of the molecule is COc1cc(C)c2c(ccn2C(=O)OC(C)(C)C)c1C(C)(CS(=O)C(C)(C)C)c1nc2cc(C#N)ccc2n1COCC[Si](C)(C)C.COc1cc(C)c2c(ccn2C(=O)OC(C)(C)C)c1C(C)(CS(=O)C(C)(C)C)c1nc2ccc(C#N)cc2n1COCC[Si](C)(C)C. The van der Waals surface area contributed by atoms with E-state index in [2.05, 4.69) is 51.4 Å². The summed E-state index contributed by atoms with van der Waals surface area (Å²) in [5.74, 6) is 2.91. The van der Waals surface area contributed by atoms with Crippen molar-refractivity contribution in [3.63, 3.8) is 0 Å². The summed E-state index contributed by atoms with van der Waals surface area (Å²) >= 11 is 0. The van der Waals surface area contributed by atoms with Crippen LogP contribution < -0.4 is 9.47 Å². The number of carbonyl (C=O) groups is 2. The molecule has 4 unspecified atom stereocenters. The molecule has 0 radical (unpaired) electrons. The third kappa shape index (κ3) is 16.8. The van der Waals surface area contributed by atoms with E-state index in [0.717, 1.165) is 56.1 Å². The second-order valence-corrected chi connectivity index (χ2v) is 47.0. The van der Waals surface area contributed by atoms with E-state index in [9.17, 15) is 28.5 Å². The third-order valence-electron chi connectivity index (χ3n) is 16.4. The number of hydrogen-bond acceptors (Lipinski definition) is 14. The predicted molar refractivity (Wildman–Crippen MR) is 385 cm³/mol. The van der Waals surface area contributed by atoms with Gasteiger partial charge in [-0.2, -0.15) is 10.5 Å². The Morgan fingerprint density at radius 2 is 0.915 bits per heavy atom. The lowest BCUT2D eigenvalue weighted by molar-refractivity contribution is 0.0533. The van der Waals surface area contributed by atoms with Crippen LogP contribution in [-0.2, 0) is 64.8 Å². The van der Waals surface area contributed by atoms with Crippen molar-refractivity contribution in [2.75, 3.05) is 38.9 Å². The van der Waals surface area contributed by atoms with Crippen molar-refractivity contribution in [3.05, 3.63) is 118 Å². The normalized spacial score (nSPS) is 14.6. The molecule has 8 rings (SSSR count). The van der Waals surface area contributed by atoms with Crippen molar-refractivity contribution in [1.29, 1.82) is 10.5 Å². The van der Waals surface area contributed by atoms with Crippen LogP contribution in [-0.4, -0.2) is 125 Å². The highest BCUT2D eigenvalue weighted by molar-refractivity contribution is 7.86. The molecule has 0 N–H and O–H groups in total. The van der Waals surface area contributed by atoms with Crippen LogP contribution in [0.2, 0.25) is 51.4 Å². The van der Waals surface area contributed by atoms with Gasteiger partial charge in [-0.25, -0.2) is 19.6 Å². The van der Waals surface area contributed by atoms with Gasteiger partial charge in [-0.15, -0.1) is 0 Å². The van der Waals surface area contributed by atoms with Crippen LogP contribution in [0.3, 0.4) is 0 Å². The van der Waals surface area contributed by atoms with E-state index in [4.69, 9.17) is 38.4 Å². The van der Waals surface area contributed by atoms with Gasteiger partial charge in [0.05, 0.1) is 81.4 Å². The Morgan fingerprint density at radius 3 is 1.29 bits per heavy atom. The molecule has 4 heterocycles. The van der Waals surface area contributed by atoms with Gasteiger partial charge < -0.3 is 37.6 Å². The van der Waals surface area contributed by atoms with Crippen molar-refractivity contribution in [2.24, 2.45) is 0 Å². The first-order chi connectivity index (χ1) is 43.4. The van der Waals surface area contributed by atoms with E-state index in [-0.39, 0.29) is 25.0 Å². The lowest BCUT2D eigenvalue weighted by Gasteiger charge is -2.34. The molecule has 8 aromatic rings. The van der Waals surface area contributed by atoms with Gasteiger partial charge in [-0.05, 0) is 195 Å². The summed E-state index contributed by atoms with van der Waals surface area (Å²) in [6.45, 7) is 46.3. The molecule has 0 aliphatic rings. The lowest BCUT2D eigenvalue weighted by Crippen LogP contribution is -2.39. The van der Waals surface area contributed by atoms with E-state index in [1.54, 1.807) is 44.8 Å². The second-order valence-electron chi connectivity index (χ2n) is 31.3. The Morgan fingerprint density at radius 1 is 0.532 bits per heavy atom. The van der Waals surface area contributed by atoms with E-state index >= 15 is 0 Å². The third-order valence-corrected chi connectivity index (χ3v) is 24.2. The Bertz CT molecular complexity index is 4120. The summed E-state index contributed by atoms with van der Waals surface area (Å²) in [5, 5.41) is 21.0. The highest BCUT2D eigenvalue weighted by Gasteiger charge is 2.45. The number of fused-ring (bicyclic) bond motifs is 4. The highest BCUT2D eigenvalue weighted by atomic mass is 32.2. The molecule has 0 saturated heterocycles. The number of hydrogen-bond donors (Lipinski definition) is 0. The van der Waals surface area contributed by atoms with Crippen LogP contribution in [0.5, 0.6) is 11.5 Å². The molecule has 0 amide bonds. The molecule has 94 heavy (non-hydrogen) atoms. The number of aromatic nitrogens is 6. The average Bonchev–Trinajstić information content (AvgIpc) is 1.50. The topological polar surface area (TPSA) is 217 Å². The monoisotopic (exact) mass is 1360 g/mol. The maximum atomic E-state index is 14.2. The average molecular weight is 1360 g/mol. The Hall–Kier alpha value is -6.93. The molecule has 0 fully saturated rings. The van der Waals surface area contributed by atoms with Crippen molar-refractivity contribution >= 4 is 93.8 Å². The fourth-order valence-electron chi connectivity index (χ4n) is 11.4. The number of imidazole rings is 2. The number of methoxy groups -OCH3 is 2. The Labute approximate surface area is 563 Å². The maximum absolute atomic E-state index is 14.2. The first-order valence-corrected chi connectivity index (χ1v) is 42.0. The number of nitriles is 2. The fourth-order valence-corrected chi connectivity index (χ4v) is 15.4. The molecule has 0 spiro atoms. The van der Waals surface area contributed by atoms with Crippen LogP contribution >= 0.6 is 0 Å². The zero-order valence-electron chi connectivity index (χ0n) is 60.1. The minimum absolute atomic E-state index is 0.208. The zero-order valence-corrected chi connectivity index (χ0v) is 63.7. The van der Waals surface area contributed by atoms with Crippen molar-refractivity contribution in [3.8, 4) is 23.6 Å². The van der Waals surface area contributed by atoms with Gasteiger partial charge in [0.2, 0.25) is 0 Å². The number of benzene rings is 4. The molecule has 508 valence electrons. The Kier molecular flexibility index (Phi) is 22.2. The van der Waals surface area contributed by atoms with Crippen LogP contribution in [0.4, 0.5) is 9.59 Å². The van der Waals surface area contributed by atoms with E-state index in [0.29, 0.717) is 69.6 Å². The van der Waals surface area contributed by atoms with Gasteiger partial charge in [0.25, 0.3) is 0 Å². The summed E-state index contributed by atoms with van der Waals surface area (Å²) in [6.07, 6.45) is 2.46. The zero-order chi connectivity index (χ0) is 70.2. The predicted octanol–water partition coefficient (Wildman–Crippen LogP) is 16.3. The minimum Gasteiger partial charge on any atom is -0.496 e. The molecular weight excluding hydrogens is 1260 g/mol. The lowest BCUT2D eigenvalue weighted by atomic mass is 9.80. The van der Waals surface area contributed by atoms with Gasteiger partial charge >= 0.3 is 12.2 Å². The smallest absolute Gasteiger partial charge is 0.419 e. The highest BCUT2D eigenvalue weighted by Crippen LogP contribution is 2.48. The number of aryl methyl sites for hydroxylation is 2. The van der Waals surface area contributed by atoms with Gasteiger partial charge in [0.15, 0.2) is 0 Å². The molecule has 0 bridgehead atoms. The molecule has 4 atom stereocenters. The molecule has 0 saturated carbocycles. The summed E-state index contributed by atoms with van der Waals surface area (Å²) in [7, 11) is -2.12. The molecule has 22 heteroatoms. The van der Waals surface area contributed by atoms with E-state index in [1.807, 2.05) is 162 Å². The van der Waals surface area contributed by atoms with Crippen molar-refractivity contribution in [1.82, 2.24) is 28.2 Å². The molecule has 0 aliphatic carbocycles. The number of nitrogens with zero attached hydrogens (tertiary/aromatic N) is 8. The van der Waals surface area contributed by atoms with Crippen LogP contribution in [0.25, 0.3) is 43.9 Å². The first-order valence-electron chi connectivity index (χ1n) is 32.0. The quantitative estimate of drug-likeness (QED) is 0.0512. The van der Waals surface area contributed by atoms with Crippen LogP contribution in [0.15, 0.2) is 73.1 Å². The Balaban J connectivity index is 0.000000266. The second kappa shape index (κ2) is 28.0. The standard InChI is InChI=1S/2C36H50N4O5SSi/c1-24-19-29(43-9)30(26-15-16-39(31(24)26)33(41)45-34(2,3)4)36(8,22-46(42)35(5,6)7)32-38-27-20-25(21-37)13-14-28(27)40(32)23-44-17-18-47(10,11)12;1-24-19-29(43-9)30(26-15-16-39(31(24)26)33(41)45-34(2,3)4)36(8,22-46(42)35(5,6)7)32-38-27-14-13-25(21-37)20-28(27)40(32)23-44-17-18-47(10,11)12/h2*13-16,19-20H,17-18,22-23H2,1-12H3. The van der Waals surface area contributed by atoms with Crippen molar-refractivity contribution < 1.29 is 46.4 Å². The molecule has 18 nitrogen and oxygen atoms in total. The van der Waals surface area contributed by atoms with Gasteiger partial charge in [-0.1, -0.05) is 39.3 Å². The number of carbonyl (C=O) groups excluding carboxylic acids is 2. The summed E-state index contributed by atoms with van der Waals surface area (Å²) < 4.78 is 70.8. The number of rotatable bonds is 20. The molecule has 4 aromatic heterocycles. The largest absolute Gasteiger partial charge is 0.496 e. The van der Waals surface area contributed by atoms with Crippen LogP contribution in [0, 0.1) is 36.5 Å². The fraction of sp³-hybridized carbons (Fsp3) is 0.528. The minimum atomic E-state index is -1.35. The molecular formula is C72H100N8O10S2Si2. The summed E-state index contributed by atoms with van der Waals surface area (Å²) in [5.41, 5.74) is 5.13. The number of ether oxygens (including phenoxy) is 6. The van der Waals surface area contributed by atoms with Crippen molar-refractivity contribution in [2.45, 2.75) is 207 Å². The van der Waals surface area contributed by atoms with E-state index < -0.39 is 81.5 Å². The summed E-state index contributed by atoms with van der Waals surface area (Å²) in [6, 6.07) is 25.0. The van der Waals surface area contributed by atoms with Gasteiger partial charge in [0, 0.05) is 106 Å². The molecule has 0 aliphatic heterocycles. The first kappa shape index (κ1) is 74.5. The maximum Gasteiger partial charge on any atom is 0.419 e. The molecule has 4 aromatic carbocycles.